The van der Waals surface area contributed by atoms with Crippen molar-refractivity contribution in [2.45, 2.75) is 58.0 Å². The van der Waals surface area contributed by atoms with Gasteiger partial charge in [-0.3, -0.25) is 0 Å². The fraction of sp³-hybridized carbons (Fsp3) is 0.917. The Labute approximate surface area is 98.3 Å². The van der Waals surface area contributed by atoms with E-state index in [-0.39, 0.29) is 12.1 Å². The molecule has 1 aliphatic rings. The summed E-state index contributed by atoms with van der Waals surface area (Å²) in [5.74, 6) is 0.504. The van der Waals surface area contributed by atoms with Crippen LogP contribution in [0.1, 0.15) is 46.0 Å². The Bertz CT molecular complexity index is 212. The molecular formula is C12H25N3O. The summed E-state index contributed by atoms with van der Waals surface area (Å²) < 4.78 is 0. The Kier molecular flexibility index (Phi) is 5.60. The van der Waals surface area contributed by atoms with E-state index in [0.29, 0.717) is 18.5 Å². The molecule has 94 valence electrons. The van der Waals surface area contributed by atoms with Crippen LogP contribution in [0.2, 0.25) is 0 Å². The second kappa shape index (κ2) is 6.74. The van der Waals surface area contributed by atoms with Gasteiger partial charge in [0.25, 0.3) is 0 Å². The number of hydrogen-bond acceptors (Lipinski definition) is 2. The van der Waals surface area contributed by atoms with Crippen LogP contribution < -0.4 is 16.4 Å². The lowest BCUT2D eigenvalue weighted by Gasteiger charge is -2.27. The molecule has 0 radical (unpaired) electrons. The van der Waals surface area contributed by atoms with Gasteiger partial charge in [-0.05, 0) is 25.2 Å². The molecule has 0 heterocycles. The Hall–Kier alpha value is -0.770. The largest absolute Gasteiger partial charge is 0.337 e. The summed E-state index contributed by atoms with van der Waals surface area (Å²) in [6.45, 7) is 4.86. The van der Waals surface area contributed by atoms with Crippen LogP contribution in [0.15, 0.2) is 0 Å². The van der Waals surface area contributed by atoms with Crippen molar-refractivity contribution in [3.8, 4) is 0 Å². The lowest BCUT2D eigenvalue weighted by molar-refractivity contribution is 0.226. The maximum Gasteiger partial charge on any atom is 0.315 e. The van der Waals surface area contributed by atoms with Crippen LogP contribution in [0.5, 0.6) is 0 Å². The van der Waals surface area contributed by atoms with E-state index in [9.17, 15) is 4.79 Å². The van der Waals surface area contributed by atoms with Crippen molar-refractivity contribution in [2.75, 3.05) is 6.54 Å². The van der Waals surface area contributed by atoms with Crippen LogP contribution in [0.4, 0.5) is 4.79 Å². The third-order valence-corrected chi connectivity index (χ3v) is 3.59. The highest BCUT2D eigenvalue weighted by atomic mass is 16.2. The van der Waals surface area contributed by atoms with Crippen LogP contribution >= 0.6 is 0 Å². The van der Waals surface area contributed by atoms with Gasteiger partial charge in [-0.15, -0.1) is 0 Å². The number of nitrogens with one attached hydrogen (secondary N) is 2. The second-order valence-corrected chi connectivity index (χ2v) is 4.72. The van der Waals surface area contributed by atoms with Crippen molar-refractivity contribution < 1.29 is 4.79 Å². The van der Waals surface area contributed by atoms with Crippen LogP contribution in [-0.2, 0) is 0 Å². The number of urea groups is 1. The smallest absolute Gasteiger partial charge is 0.315 e. The molecule has 0 aliphatic heterocycles. The molecule has 4 heteroatoms. The Balaban J connectivity index is 2.14. The molecule has 1 atom stereocenters. The number of carbonyl (C=O) groups is 1. The molecule has 16 heavy (non-hydrogen) atoms. The van der Waals surface area contributed by atoms with Crippen molar-refractivity contribution in [3.05, 3.63) is 0 Å². The quantitative estimate of drug-likeness (QED) is 0.645. The molecule has 0 aromatic carbocycles. The Morgan fingerprint density at radius 1 is 1.38 bits per heavy atom. The van der Waals surface area contributed by atoms with E-state index in [4.69, 9.17) is 5.73 Å². The summed E-state index contributed by atoms with van der Waals surface area (Å²) in [5, 5.41) is 5.80. The monoisotopic (exact) mass is 227 g/mol. The molecule has 0 aromatic rings. The fourth-order valence-electron chi connectivity index (χ4n) is 2.06. The molecule has 1 fully saturated rings. The van der Waals surface area contributed by atoms with Gasteiger partial charge in [0.2, 0.25) is 0 Å². The van der Waals surface area contributed by atoms with E-state index < -0.39 is 0 Å². The zero-order chi connectivity index (χ0) is 12.0. The minimum Gasteiger partial charge on any atom is -0.337 e. The van der Waals surface area contributed by atoms with E-state index in [1.54, 1.807) is 0 Å². The summed E-state index contributed by atoms with van der Waals surface area (Å²) in [6.07, 6.45) is 5.61. The van der Waals surface area contributed by atoms with Gasteiger partial charge in [-0.2, -0.15) is 0 Å². The maximum atomic E-state index is 11.5. The van der Waals surface area contributed by atoms with E-state index in [1.165, 1.54) is 6.42 Å². The molecule has 4 N–H and O–H groups in total. The zero-order valence-corrected chi connectivity index (χ0v) is 10.5. The lowest BCUT2D eigenvalue weighted by atomic mass is 9.93. The first-order valence-electron chi connectivity index (χ1n) is 6.47. The molecular weight excluding hydrogens is 202 g/mol. The van der Waals surface area contributed by atoms with Gasteiger partial charge in [0.05, 0.1) is 0 Å². The summed E-state index contributed by atoms with van der Waals surface area (Å²) in [5.41, 5.74) is 6.02. The number of amides is 2. The van der Waals surface area contributed by atoms with E-state index >= 15 is 0 Å². The highest BCUT2D eigenvalue weighted by Crippen LogP contribution is 2.17. The molecule has 4 nitrogen and oxygen atoms in total. The first-order chi connectivity index (χ1) is 7.67. The van der Waals surface area contributed by atoms with Crippen molar-refractivity contribution in [3.63, 3.8) is 0 Å². The summed E-state index contributed by atoms with van der Waals surface area (Å²) in [4.78, 5) is 11.5. The highest BCUT2D eigenvalue weighted by Gasteiger charge is 2.20. The Morgan fingerprint density at radius 3 is 2.44 bits per heavy atom. The highest BCUT2D eigenvalue weighted by molar-refractivity contribution is 5.74. The SMILES string of the molecule is CCC(CC)C(N)CNC(=O)NC1CCC1. The predicted molar refractivity (Wildman–Crippen MR) is 66.2 cm³/mol. The normalized spacial score (nSPS) is 18.0. The maximum absolute atomic E-state index is 11.5. The number of nitrogens with two attached hydrogens (primary N) is 1. The summed E-state index contributed by atoms with van der Waals surface area (Å²) in [6, 6.07) is 0.401. The first-order valence-corrected chi connectivity index (χ1v) is 6.47. The molecule has 0 saturated heterocycles. The number of carbonyl (C=O) groups excluding carboxylic acids is 1. The van der Waals surface area contributed by atoms with E-state index in [0.717, 1.165) is 25.7 Å². The van der Waals surface area contributed by atoms with Gasteiger partial charge < -0.3 is 16.4 Å². The number of hydrogen-bond donors (Lipinski definition) is 3. The van der Waals surface area contributed by atoms with Crippen LogP contribution in [0, 0.1) is 5.92 Å². The molecule has 0 spiro atoms. The van der Waals surface area contributed by atoms with Gasteiger partial charge >= 0.3 is 6.03 Å². The molecule has 2 amide bonds. The van der Waals surface area contributed by atoms with Crippen molar-refractivity contribution in [1.29, 1.82) is 0 Å². The van der Waals surface area contributed by atoms with Gasteiger partial charge in [-0.25, -0.2) is 4.79 Å². The first kappa shape index (κ1) is 13.3. The predicted octanol–water partition coefficient (Wildman–Crippen LogP) is 1.60. The Morgan fingerprint density at radius 2 is 2.00 bits per heavy atom. The zero-order valence-electron chi connectivity index (χ0n) is 10.5. The van der Waals surface area contributed by atoms with Crippen LogP contribution in [0.3, 0.4) is 0 Å². The van der Waals surface area contributed by atoms with Gasteiger partial charge in [0.15, 0.2) is 0 Å². The molecule has 1 aliphatic carbocycles. The number of rotatable bonds is 6. The van der Waals surface area contributed by atoms with Crippen LogP contribution in [-0.4, -0.2) is 24.7 Å². The lowest BCUT2D eigenvalue weighted by Crippen LogP contribution is -2.49. The third-order valence-electron chi connectivity index (χ3n) is 3.59. The van der Waals surface area contributed by atoms with Crippen molar-refractivity contribution >= 4 is 6.03 Å². The van der Waals surface area contributed by atoms with Crippen molar-refractivity contribution in [1.82, 2.24) is 10.6 Å². The van der Waals surface area contributed by atoms with Crippen molar-refractivity contribution in [2.24, 2.45) is 11.7 Å². The van der Waals surface area contributed by atoms with Gasteiger partial charge in [0, 0.05) is 18.6 Å². The molecule has 1 saturated carbocycles. The standard InChI is InChI=1S/C12H25N3O/c1-3-9(4-2)11(13)8-14-12(16)15-10-6-5-7-10/h9-11H,3-8,13H2,1-2H3,(H2,14,15,16). The fourth-order valence-corrected chi connectivity index (χ4v) is 2.06. The molecule has 0 bridgehead atoms. The molecule has 1 rings (SSSR count). The van der Waals surface area contributed by atoms with Crippen LogP contribution in [0.25, 0.3) is 0 Å². The van der Waals surface area contributed by atoms with Gasteiger partial charge in [0.1, 0.15) is 0 Å². The summed E-state index contributed by atoms with van der Waals surface area (Å²) >= 11 is 0. The van der Waals surface area contributed by atoms with E-state index in [2.05, 4.69) is 24.5 Å². The van der Waals surface area contributed by atoms with Gasteiger partial charge in [-0.1, -0.05) is 26.7 Å². The summed E-state index contributed by atoms with van der Waals surface area (Å²) in [7, 11) is 0. The molecule has 0 aromatic heterocycles. The second-order valence-electron chi connectivity index (χ2n) is 4.72. The minimum atomic E-state index is -0.0638. The average Bonchev–Trinajstić information content (AvgIpc) is 2.22. The average molecular weight is 227 g/mol. The van der Waals surface area contributed by atoms with E-state index in [1.807, 2.05) is 0 Å². The minimum absolute atomic E-state index is 0.0638. The third kappa shape index (κ3) is 4.00. The topological polar surface area (TPSA) is 67.1 Å². The molecule has 1 unspecified atom stereocenters.